The number of para-hydroxylation sites is 1. The molecule has 19 heavy (non-hydrogen) atoms. The molecule has 4 N–H and O–H groups in total. The molecule has 1 heterocycles. The summed E-state index contributed by atoms with van der Waals surface area (Å²) in [7, 11) is 0. The average Bonchev–Trinajstić information content (AvgIpc) is 2.79. The number of nitrogens with one attached hydrogen (secondary N) is 2. The van der Waals surface area contributed by atoms with Gasteiger partial charge in [-0.25, -0.2) is 8.78 Å². The molecule has 1 atom stereocenters. The summed E-state index contributed by atoms with van der Waals surface area (Å²) in [6, 6.07) is 6.80. The van der Waals surface area contributed by atoms with Crippen molar-refractivity contribution < 1.29 is 13.6 Å². The van der Waals surface area contributed by atoms with E-state index in [0.717, 1.165) is 16.5 Å². The molecule has 2 rings (SSSR count). The fourth-order valence-electron chi connectivity index (χ4n) is 1.94. The molecule has 1 amide bonds. The molecule has 0 bridgehead atoms. The Bertz CT molecular complexity index is 568. The van der Waals surface area contributed by atoms with Gasteiger partial charge in [-0.15, -0.1) is 0 Å². The van der Waals surface area contributed by atoms with Gasteiger partial charge in [-0.1, -0.05) is 18.2 Å². The third kappa shape index (κ3) is 3.29. The second-order valence-electron chi connectivity index (χ2n) is 4.31. The summed E-state index contributed by atoms with van der Waals surface area (Å²) in [5, 5.41) is 3.10. The number of hydrogen-bond donors (Lipinski definition) is 3. The lowest BCUT2D eigenvalue weighted by Crippen LogP contribution is -2.43. The Morgan fingerprint density at radius 2 is 2.11 bits per heavy atom. The Kier molecular flexibility index (Phi) is 4.11. The van der Waals surface area contributed by atoms with Crippen LogP contribution < -0.4 is 11.1 Å². The van der Waals surface area contributed by atoms with Crippen LogP contribution in [0.5, 0.6) is 0 Å². The molecule has 0 aliphatic heterocycles. The highest BCUT2D eigenvalue weighted by Crippen LogP contribution is 2.18. The van der Waals surface area contributed by atoms with Crippen LogP contribution in [0.4, 0.5) is 8.78 Å². The second-order valence-corrected chi connectivity index (χ2v) is 4.31. The first kappa shape index (κ1) is 13.5. The molecule has 4 nitrogen and oxygen atoms in total. The van der Waals surface area contributed by atoms with Crippen molar-refractivity contribution in [1.29, 1.82) is 0 Å². The predicted octanol–water partition coefficient (Wildman–Crippen LogP) is 1.42. The van der Waals surface area contributed by atoms with Gasteiger partial charge in [0.2, 0.25) is 5.91 Å². The third-order valence-electron chi connectivity index (χ3n) is 2.88. The topological polar surface area (TPSA) is 70.9 Å². The van der Waals surface area contributed by atoms with Crippen molar-refractivity contribution in [3.8, 4) is 0 Å². The molecule has 0 radical (unpaired) electrons. The maximum absolute atomic E-state index is 12.0. The number of aromatic amines is 1. The van der Waals surface area contributed by atoms with E-state index in [1.54, 1.807) is 6.20 Å². The second kappa shape index (κ2) is 5.79. The number of fused-ring (bicyclic) bond motifs is 1. The number of carbonyl (C=O) groups excluding carboxylic acids is 1. The quantitative estimate of drug-likeness (QED) is 0.766. The number of aromatic nitrogens is 1. The highest BCUT2D eigenvalue weighted by molar-refractivity contribution is 5.86. The molecule has 2 aromatic rings. The van der Waals surface area contributed by atoms with Crippen LogP contribution in [-0.4, -0.2) is 29.9 Å². The minimum atomic E-state index is -2.57. The number of carbonyl (C=O) groups is 1. The van der Waals surface area contributed by atoms with E-state index in [1.165, 1.54) is 0 Å². The van der Waals surface area contributed by atoms with Gasteiger partial charge < -0.3 is 16.0 Å². The van der Waals surface area contributed by atoms with Gasteiger partial charge in [-0.3, -0.25) is 4.79 Å². The smallest absolute Gasteiger partial charge is 0.255 e. The molecule has 0 saturated heterocycles. The van der Waals surface area contributed by atoms with Crippen molar-refractivity contribution in [1.82, 2.24) is 10.3 Å². The van der Waals surface area contributed by atoms with E-state index in [9.17, 15) is 13.6 Å². The van der Waals surface area contributed by atoms with Crippen LogP contribution in [0.3, 0.4) is 0 Å². The molecule has 0 aliphatic carbocycles. The molecule has 0 fully saturated rings. The Morgan fingerprint density at radius 3 is 2.84 bits per heavy atom. The van der Waals surface area contributed by atoms with Crippen molar-refractivity contribution in [2.75, 3.05) is 6.54 Å². The monoisotopic (exact) mass is 267 g/mol. The van der Waals surface area contributed by atoms with Crippen LogP contribution >= 0.6 is 0 Å². The number of nitrogens with two attached hydrogens (primary N) is 1. The van der Waals surface area contributed by atoms with Crippen molar-refractivity contribution in [2.45, 2.75) is 18.9 Å². The zero-order valence-corrected chi connectivity index (χ0v) is 10.2. The molecule has 102 valence electrons. The Morgan fingerprint density at radius 1 is 1.37 bits per heavy atom. The first-order valence-corrected chi connectivity index (χ1v) is 5.94. The molecule has 1 aromatic carbocycles. The van der Waals surface area contributed by atoms with E-state index in [2.05, 4.69) is 10.3 Å². The van der Waals surface area contributed by atoms with E-state index in [4.69, 9.17) is 5.73 Å². The molecular formula is C13H15F2N3O. The highest BCUT2D eigenvalue weighted by atomic mass is 19.3. The summed E-state index contributed by atoms with van der Waals surface area (Å²) < 4.78 is 24.0. The largest absolute Gasteiger partial charge is 0.361 e. The van der Waals surface area contributed by atoms with Gasteiger partial charge in [0.15, 0.2) is 0 Å². The SMILES string of the molecule is N[C@@H](Cc1c[nH]c2ccccc12)C(=O)NCC(F)F. The first-order chi connectivity index (χ1) is 9.08. The summed E-state index contributed by atoms with van der Waals surface area (Å²) in [5.74, 6) is -0.564. The summed E-state index contributed by atoms with van der Waals surface area (Å²) >= 11 is 0. The van der Waals surface area contributed by atoms with E-state index in [0.29, 0.717) is 6.42 Å². The summed E-state index contributed by atoms with van der Waals surface area (Å²) in [5.41, 5.74) is 7.57. The van der Waals surface area contributed by atoms with Crippen molar-refractivity contribution in [3.63, 3.8) is 0 Å². The lowest BCUT2D eigenvalue weighted by molar-refractivity contribution is -0.122. The maximum atomic E-state index is 12.0. The van der Waals surface area contributed by atoms with Gasteiger partial charge in [0.1, 0.15) is 0 Å². The molecular weight excluding hydrogens is 252 g/mol. The molecule has 0 saturated carbocycles. The van der Waals surface area contributed by atoms with E-state index < -0.39 is 24.9 Å². The number of alkyl halides is 2. The standard InChI is InChI=1S/C13H15F2N3O/c14-12(15)7-18-13(19)10(16)5-8-6-17-11-4-2-1-3-9(8)11/h1-4,6,10,12,17H,5,7,16H2,(H,18,19)/t10-/m0/s1. The minimum Gasteiger partial charge on any atom is -0.361 e. The van der Waals surface area contributed by atoms with Crippen molar-refractivity contribution >= 4 is 16.8 Å². The Labute approximate surface area is 109 Å². The fraction of sp³-hybridized carbons (Fsp3) is 0.308. The number of hydrogen-bond acceptors (Lipinski definition) is 2. The molecule has 0 aliphatic rings. The third-order valence-corrected chi connectivity index (χ3v) is 2.88. The van der Waals surface area contributed by atoms with Crippen molar-refractivity contribution in [3.05, 3.63) is 36.0 Å². The minimum absolute atomic E-state index is 0.305. The maximum Gasteiger partial charge on any atom is 0.255 e. The number of benzene rings is 1. The number of halogens is 2. The Hall–Kier alpha value is -1.95. The van der Waals surface area contributed by atoms with Crippen LogP contribution in [0, 0.1) is 0 Å². The summed E-state index contributed by atoms with van der Waals surface area (Å²) in [6.07, 6.45) is -0.478. The van der Waals surface area contributed by atoms with Crippen LogP contribution in [-0.2, 0) is 11.2 Å². The number of H-pyrrole nitrogens is 1. The zero-order valence-electron chi connectivity index (χ0n) is 10.2. The van der Waals surface area contributed by atoms with Crippen LogP contribution in [0.25, 0.3) is 10.9 Å². The van der Waals surface area contributed by atoms with E-state index in [-0.39, 0.29) is 0 Å². The number of rotatable bonds is 5. The van der Waals surface area contributed by atoms with Gasteiger partial charge in [-0.05, 0) is 18.1 Å². The first-order valence-electron chi connectivity index (χ1n) is 5.94. The zero-order chi connectivity index (χ0) is 13.8. The van der Waals surface area contributed by atoms with Crippen LogP contribution in [0.2, 0.25) is 0 Å². The lowest BCUT2D eigenvalue weighted by Gasteiger charge is -2.11. The predicted molar refractivity (Wildman–Crippen MR) is 69.0 cm³/mol. The van der Waals surface area contributed by atoms with E-state index in [1.807, 2.05) is 24.3 Å². The fourth-order valence-corrected chi connectivity index (χ4v) is 1.94. The van der Waals surface area contributed by atoms with Gasteiger partial charge in [0.05, 0.1) is 12.6 Å². The van der Waals surface area contributed by atoms with Gasteiger partial charge in [0, 0.05) is 17.1 Å². The molecule has 6 heteroatoms. The average molecular weight is 267 g/mol. The van der Waals surface area contributed by atoms with Gasteiger partial charge >= 0.3 is 0 Å². The lowest BCUT2D eigenvalue weighted by atomic mass is 10.1. The molecule has 0 unspecified atom stereocenters. The van der Waals surface area contributed by atoms with Gasteiger partial charge in [-0.2, -0.15) is 0 Å². The summed E-state index contributed by atoms with van der Waals surface area (Å²) in [4.78, 5) is 14.6. The van der Waals surface area contributed by atoms with Crippen LogP contribution in [0.1, 0.15) is 5.56 Å². The molecule has 1 aromatic heterocycles. The highest BCUT2D eigenvalue weighted by Gasteiger charge is 2.17. The van der Waals surface area contributed by atoms with Crippen LogP contribution in [0.15, 0.2) is 30.5 Å². The number of amides is 1. The van der Waals surface area contributed by atoms with E-state index >= 15 is 0 Å². The Balaban J connectivity index is 2.02. The summed E-state index contributed by atoms with van der Waals surface area (Å²) in [6.45, 7) is -0.666. The van der Waals surface area contributed by atoms with Crippen molar-refractivity contribution in [2.24, 2.45) is 5.73 Å². The normalized spacial score (nSPS) is 12.8. The molecule has 0 spiro atoms. The van der Waals surface area contributed by atoms with Gasteiger partial charge in [0.25, 0.3) is 6.43 Å².